The standard InChI is InChI=1S/C25H42O5/c1-6-7-8-9-10-11-20(27)23-21(28)16-22(29)25(23,30-18(4)26)24(5)14-12-19(13-15-24)17(2)3/h11,17,19,21,23,27-28H,6-10,12-16H2,1-5H3/b20-11+. The summed E-state index contributed by atoms with van der Waals surface area (Å²) in [5.41, 5.74) is -2.10. The minimum atomic E-state index is -1.50. The summed E-state index contributed by atoms with van der Waals surface area (Å²) in [7, 11) is 0. The van der Waals surface area contributed by atoms with E-state index in [4.69, 9.17) is 4.74 Å². The first-order valence-corrected chi connectivity index (χ1v) is 11.9. The lowest BCUT2D eigenvalue weighted by atomic mass is 9.57. The van der Waals surface area contributed by atoms with Crippen molar-refractivity contribution in [1.29, 1.82) is 0 Å². The number of allylic oxidation sites excluding steroid dienone is 1. The number of carbonyl (C=O) groups is 2. The van der Waals surface area contributed by atoms with Gasteiger partial charge in [-0.15, -0.1) is 0 Å². The molecule has 2 N–H and O–H groups in total. The van der Waals surface area contributed by atoms with Crippen molar-refractivity contribution >= 4 is 11.8 Å². The molecule has 5 heteroatoms. The van der Waals surface area contributed by atoms with Crippen molar-refractivity contribution < 1.29 is 24.5 Å². The molecule has 5 nitrogen and oxygen atoms in total. The summed E-state index contributed by atoms with van der Waals surface area (Å²) in [6.45, 7) is 9.90. The Morgan fingerprint density at radius 3 is 2.40 bits per heavy atom. The predicted octanol–water partition coefficient (Wildman–Crippen LogP) is 5.50. The molecule has 30 heavy (non-hydrogen) atoms. The van der Waals surface area contributed by atoms with Crippen LogP contribution in [0.4, 0.5) is 0 Å². The fourth-order valence-electron chi connectivity index (χ4n) is 5.75. The van der Waals surface area contributed by atoms with Crippen LogP contribution >= 0.6 is 0 Å². The van der Waals surface area contributed by atoms with E-state index < -0.39 is 29.0 Å². The highest BCUT2D eigenvalue weighted by Gasteiger charge is 2.67. The van der Waals surface area contributed by atoms with Gasteiger partial charge in [-0.2, -0.15) is 0 Å². The smallest absolute Gasteiger partial charge is 0.303 e. The van der Waals surface area contributed by atoms with Gasteiger partial charge >= 0.3 is 5.97 Å². The maximum atomic E-state index is 13.3. The van der Waals surface area contributed by atoms with Gasteiger partial charge in [-0.3, -0.25) is 9.59 Å². The van der Waals surface area contributed by atoms with Crippen molar-refractivity contribution in [2.45, 2.75) is 111 Å². The molecule has 2 aliphatic rings. The van der Waals surface area contributed by atoms with Crippen molar-refractivity contribution in [3.8, 4) is 0 Å². The molecule has 3 unspecified atom stereocenters. The Labute approximate surface area is 182 Å². The highest BCUT2D eigenvalue weighted by Crippen LogP contribution is 2.57. The second-order valence-corrected chi connectivity index (χ2v) is 10.1. The number of aliphatic hydroxyl groups is 2. The predicted molar refractivity (Wildman–Crippen MR) is 118 cm³/mol. The third-order valence-electron chi connectivity index (χ3n) is 7.64. The molecular formula is C25H42O5. The normalized spacial score (nSPS) is 35.1. The molecule has 172 valence electrons. The molecule has 0 aromatic heterocycles. The topological polar surface area (TPSA) is 83.8 Å². The Morgan fingerprint density at radius 2 is 1.87 bits per heavy atom. The van der Waals surface area contributed by atoms with Crippen LogP contribution in [-0.2, 0) is 14.3 Å². The monoisotopic (exact) mass is 422 g/mol. The zero-order chi connectivity index (χ0) is 22.5. The van der Waals surface area contributed by atoms with Crippen LogP contribution in [0.5, 0.6) is 0 Å². The van der Waals surface area contributed by atoms with Crippen molar-refractivity contribution in [2.24, 2.45) is 23.2 Å². The van der Waals surface area contributed by atoms with Crippen LogP contribution in [0.25, 0.3) is 0 Å². The van der Waals surface area contributed by atoms with Crippen molar-refractivity contribution in [3.05, 3.63) is 11.8 Å². The average molecular weight is 423 g/mol. The third-order valence-corrected chi connectivity index (χ3v) is 7.64. The lowest BCUT2D eigenvalue weighted by Crippen LogP contribution is -2.59. The van der Waals surface area contributed by atoms with E-state index in [0.717, 1.165) is 51.4 Å². The van der Waals surface area contributed by atoms with Crippen LogP contribution in [0.1, 0.15) is 98.8 Å². The van der Waals surface area contributed by atoms with Crippen LogP contribution in [0.15, 0.2) is 11.8 Å². The van der Waals surface area contributed by atoms with Gasteiger partial charge < -0.3 is 14.9 Å². The molecule has 2 fully saturated rings. The third kappa shape index (κ3) is 4.92. The van der Waals surface area contributed by atoms with Gasteiger partial charge in [0.15, 0.2) is 11.4 Å². The molecule has 2 rings (SSSR count). The first-order chi connectivity index (χ1) is 14.1. The second kappa shape index (κ2) is 10.3. The summed E-state index contributed by atoms with van der Waals surface area (Å²) < 4.78 is 5.85. The van der Waals surface area contributed by atoms with Crippen LogP contribution in [0, 0.1) is 23.2 Å². The van der Waals surface area contributed by atoms with E-state index in [-0.39, 0.29) is 18.0 Å². The Kier molecular flexibility index (Phi) is 8.55. The van der Waals surface area contributed by atoms with E-state index in [2.05, 4.69) is 20.8 Å². The van der Waals surface area contributed by atoms with Crippen molar-refractivity contribution in [1.82, 2.24) is 0 Å². The Morgan fingerprint density at radius 1 is 1.23 bits per heavy atom. The molecule has 0 aromatic carbocycles. The Balaban J connectivity index is 2.37. The number of rotatable bonds is 9. The summed E-state index contributed by atoms with van der Waals surface area (Å²) in [5.74, 6) is -0.539. The maximum Gasteiger partial charge on any atom is 0.303 e. The van der Waals surface area contributed by atoms with E-state index >= 15 is 0 Å². The number of ether oxygens (including phenoxy) is 1. The fourth-order valence-corrected chi connectivity index (χ4v) is 5.75. The van der Waals surface area contributed by atoms with Gasteiger partial charge in [-0.05, 0) is 56.4 Å². The van der Waals surface area contributed by atoms with Crippen molar-refractivity contribution in [2.75, 3.05) is 0 Å². The van der Waals surface area contributed by atoms with Crippen LogP contribution < -0.4 is 0 Å². The summed E-state index contributed by atoms with van der Waals surface area (Å²) >= 11 is 0. The number of hydrogen-bond donors (Lipinski definition) is 2. The molecule has 2 saturated carbocycles. The molecule has 0 heterocycles. The highest BCUT2D eigenvalue weighted by molar-refractivity contribution is 5.94. The summed E-state index contributed by atoms with van der Waals surface area (Å²) in [5, 5.41) is 21.8. The minimum Gasteiger partial charge on any atom is -0.512 e. The second-order valence-electron chi connectivity index (χ2n) is 10.1. The molecule has 0 aliphatic heterocycles. The van der Waals surface area contributed by atoms with Crippen molar-refractivity contribution in [3.63, 3.8) is 0 Å². The quantitative estimate of drug-likeness (QED) is 0.291. The molecule has 0 spiro atoms. The number of hydrogen-bond acceptors (Lipinski definition) is 5. The molecule has 0 radical (unpaired) electrons. The lowest BCUT2D eigenvalue weighted by molar-refractivity contribution is -0.193. The lowest BCUT2D eigenvalue weighted by Gasteiger charge is -2.51. The van der Waals surface area contributed by atoms with Crippen LogP contribution in [0.2, 0.25) is 0 Å². The first-order valence-electron chi connectivity index (χ1n) is 11.9. The number of ketones is 1. The number of esters is 1. The highest BCUT2D eigenvalue weighted by atomic mass is 16.6. The van der Waals surface area contributed by atoms with E-state index in [0.29, 0.717) is 18.3 Å². The average Bonchev–Trinajstić information content (AvgIpc) is 2.92. The van der Waals surface area contributed by atoms with Gasteiger partial charge in [-0.25, -0.2) is 0 Å². The molecule has 2 aliphatic carbocycles. The zero-order valence-electron chi connectivity index (χ0n) is 19.6. The molecule has 0 aromatic rings. The molecule has 0 saturated heterocycles. The molecule has 0 bridgehead atoms. The first kappa shape index (κ1) is 24.9. The van der Waals surface area contributed by atoms with Gasteiger partial charge in [-0.1, -0.05) is 47.0 Å². The van der Waals surface area contributed by atoms with E-state index in [9.17, 15) is 19.8 Å². The zero-order valence-corrected chi connectivity index (χ0v) is 19.6. The van der Waals surface area contributed by atoms with E-state index in [1.165, 1.54) is 6.92 Å². The number of carbonyl (C=O) groups excluding carboxylic acids is 2. The number of aliphatic hydroxyl groups excluding tert-OH is 2. The van der Waals surface area contributed by atoms with Gasteiger partial charge in [0.1, 0.15) is 0 Å². The largest absolute Gasteiger partial charge is 0.512 e. The molecule has 0 amide bonds. The Bertz CT molecular complexity index is 629. The number of Topliss-reactive ketones (excluding diaryl/α,β-unsaturated/α-hetero) is 1. The summed E-state index contributed by atoms with van der Waals surface area (Å²) in [6.07, 6.45) is 8.97. The van der Waals surface area contributed by atoms with Gasteiger partial charge in [0.25, 0.3) is 0 Å². The van der Waals surface area contributed by atoms with Crippen LogP contribution in [0.3, 0.4) is 0 Å². The van der Waals surface area contributed by atoms with Gasteiger partial charge in [0, 0.05) is 18.8 Å². The van der Waals surface area contributed by atoms with E-state index in [1.807, 2.05) is 6.92 Å². The maximum absolute atomic E-state index is 13.3. The van der Waals surface area contributed by atoms with Gasteiger partial charge in [0.2, 0.25) is 0 Å². The molecule has 3 atom stereocenters. The Hall–Kier alpha value is -1.36. The van der Waals surface area contributed by atoms with E-state index in [1.54, 1.807) is 6.08 Å². The van der Waals surface area contributed by atoms with Crippen LogP contribution in [-0.4, -0.2) is 33.7 Å². The fraction of sp³-hybridized carbons (Fsp3) is 0.840. The molecular weight excluding hydrogens is 380 g/mol. The number of unbranched alkanes of at least 4 members (excludes halogenated alkanes) is 4. The SMILES string of the molecule is CCCCCC/C=C(/O)C1C(O)CC(=O)C1(OC(C)=O)C1(C)CCC(C(C)C)CC1. The summed E-state index contributed by atoms with van der Waals surface area (Å²) in [4.78, 5) is 25.5. The summed E-state index contributed by atoms with van der Waals surface area (Å²) in [6, 6.07) is 0. The van der Waals surface area contributed by atoms with Gasteiger partial charge in [0.05, 0.1) is 17.8 Å². The minimum absolute atomic E-state index is 0.00157.